The molecule has 0 spiro atoms. The van der Waals surface area contributed by atoms with Gasteiger partial charge < -0.3 is 10.0 Å². The smallest absolute Gasteiger partial charge is 0.304 e. The minimum absolute atomic E-state index is 0.0317. The molecule has 0 fully saturated rings. The van der Waals surface area contributed by atoms with Crippen molar-refractivity contribution in [1.29, 1.82) is 0 Å². The molecule has 0 aliphatic carbocycles. The Bertz CT molecular complexity index is 1120. The van der Waals surface area contributed by atoms with Gasteiger partial charge in [0, 0.05) is 10.7 Å². The molecule has 0 radical (unpaired) electrons. The van der Waals surface area contributed by atoms with E-state index in [2.05, 4.69) is 4.98 Å². The number of fused-ring (bicyclic) bond motifs is 2. The summed E-state index contributed by atoms with van der Waals surface area (Å²) in [5, 5.41) is 10.0. The number of carboxylic acids is 1. The molecular weight excluding hydrogens is 410 g/mol. The lowest BCUT2D eigenvalue weighted by Gasteiger charge is -2.33. The molecule has 2 heterocycles. The van der Waals surface area contributed by atoms with E-state index in [0.29, 0.717) is 20.4 Å². The van der Waals surface area contributed by atoms with Crippen LogP contribution < -0.4 is 4.90 Å². The molecule has 144 valence electrons. The number of hydrogen-bond donors (Lipinski definition) is 1. The first-order chi connectivity index (χ1) is 13.3. The van der Waals surface area contributed by atoms with Crippen molar-refractivity contribution in [2.45, 2.75) is 19.4 Å². The van der Waals surface area contributed by atoms with Crippen LogP contribution in [-0.4, -0.2) is 22.0 Å². The summed E-state index contributed by atoms with van der Waals surface area (Å²) >= 11 is 7.21. The van der Waals surface area contributed by atoms with Crippen molar-refractivity contribution in [1.82, 2.24) is 4.98 Å². The Morgan fingerprint density at radius 2 is 2.11 bits per heavy atom. The molecule has 1 N–H and O–H groups in total. The third-order valence-electron chi connectivity index (χ3n) is 4.62. The van der Waals surface area contributed by atoms with Crippen LogP contribution in [0.25, 0.3) is 10.2 Å². The van der Waals surface area contributed by atoms with Gasteiger partial charge in [0.1, 0.15) is 10.5 Å². The number of amides is 1. The highest BCUT2D eigenvalue weighted by Crippen LogP contribution is 2.36. The molecule has 9 heteroatoms. The fraction of sp³-hybridized carbons (Fsp3) is 0.211. The van der Waals surface area contributed by atoms with Gasteiger partial charge in [-0.2, -0.15) is 0 Å². The van der Waals surface area contributed by atoms with Crippen LogP contribution >= 0.6 is 22.9 Å². The first-order valence-corrected chi connectivity index (χ1v) is 9.58. The number of hydrogen-bond acceptors (Lipinski definition) is 4. The van der Waals surface area contributed by atoms with Crippen molar-refractivity contribution >= 4 is 50.7 Å². The molecule has 3 aromatic rings. The number of carboxylic acid groups (broad SMARTS) is 1. The summed E-state index contributed by atoms with van der Waals surface area (Å²) in [5.41, 5.74) is 1.29. The van der Waals surface area contributed by atoms with Crippen LogP contribution in [0, 0.1) is 17.6 Å². The Labute approximate surface area is 167 Å². The van der Waals surface area contributed by atoms with Crippen molar-refractivity contribution < 1.29 is 23.5 Å². The summed E-state index contributed by atoms with van der Waals surface area (Å²) in [4.78, 5) is 29.7. The number of rotatable bonds is 4. The van der Waals surface area contributed by atoms with Crippen LogP contribution in [0.2, 0.25) is 5.02 Å². The average molecular weight is 423 g/mol. The van der Waals surface area contributed by atoms with Gasteiger partial charge in [-0.05, 0) is 42.3 Å². The zero-order valence-corrected chi connectivity index (χ0v) is 15.9. The van der Waals surface area contributed by atoms with Gasteiger partial charge in [-0.3, -0.25) is 9.59 Å². The van der Waals surface area contributed by atoms with E-state index >= 15 is 0 Å². The molecule has 0 bridgehead atoms. The molecule has 2 aromatic carbocycles. The Morgan fingerprint density at radius 1 is 1.32 bits per heavy atom. The van der Waals surface area contributed by atoms with Gasteiger partial charge in [0.25, 0.3) is 0 Å². The maximum Gasteiger partial charge on any atom is 0.304 e. The van der Waals surface area contributed by atoms with E-state index in [-0.39, 0.29) is 30.8 Å². The van der Waals surface area contributed by atoms with Crippen LogP contribution in [-0.2, 0) is 22.6 Å². The molecule has 1 unspecified atom stereocenters. The minimum Gasteiger partial charge on any atom is -0.481 e. The molecule has 0 saturated heterocycles. The van der Waals surface area contributed by atoms with Crippen LogP contribution in [0.15, 0.2) is 30.3 Å². The number of aliphatic carboxylic acids is 1. The first-order valence-electron chi connectivity index (χ1n) is 8.38. The van der Waals surface area contributed by atoms with Crippen LogP contribution in [0.4, 0.5) is 14.5 Å². The van der Waals surface area contributed by atoms with Gasteiger partial charge >= 0.3 is 5.97 Å². The highest BCUT2D eigenvalue weighted by Gasteiger charge is 2.34. The van der Waals surface area contributed by atoms with Gasteiger partial charge in [0.05, 0.1) is 23.6 Å². The molecule has 5 nitrogen and oxygen atoms in total. The standard InChI is InChI=1S/C19H13ClF2N2O3S/c20-11-1-3-13-9(6-11)5-10(7-16(25)26)19(27)24(13)8-15-23-18-14(28-15)4-2-12(21)17(18)22/h1-4,6,10H,5,7-8H2,(H,25,26). The number of benzene rings is 2. The molecule has 1 atom stereocenters. The predicted octanol–water partition coefficient (Wildman–Crippen LogP) is 4.41. The lowest BCUT2D eigenvalue weighted by molar-refractivity contribution is -0.140. The molecule has 4 rings (SSSR count). The summed E-state index contributed by atoms with van der Waals surface area (Å²) in [6.07, 6.45) is -0.0296. The van der Waals surface area contributed by atoms with Crippen molar-refractivity contribution in [3.63, 3.8) is 0 Å². The second-order valence-corrected chi connectivity index (χ2v) is 8.06. The third kappa shape index (κ3) is 3.33. The van der Waals surface area contributed by atoms with E-state index in [1.807, 2.05) is 0 Å². The Hall–Kier alpha value is -2.58. The number of aromatic nitrogens is 1. The van der Waals surface area contributed by atoms with Gasteiger partial charge in [-0.1, -0.05) is 11.6 Å². The van der Waals surface area contributed by atoms with Crippen molar-refractivity contribution in [3.8, 4) is 0 Å². The van der Waals surface area contributed by atoms with Gasteiger partial charge in [-0.25, -0.2) is 13.8 Å². The van der Waals surface area contributed by atoms with E-state index in [1.165, 1.54) is 11.0 Å². The van der Waals surface area contributed by atoms with Crippen molar-refractivity contribution in [2.75, 3.05) is 4.90 Å². The third-order valence-corrected chi connectivity index (χ3v) is 5.87. The van der Waals surface area contributed by atoms with E-state index in [9.17, 15) is 18.4 Å². The lowest BCUT2D eigenvalue weighted by Crippen LogP contribution is -2.41. The zero-order chi connectivity index (χ0) is 20.0. The number of carbonyl (C=O) groups is 2. The van der Waals surface area contributed by atoms with E-state index in [4.69, 9.17) is 16.7 Å². The van der Waals surface area contributed by atoms with Gasteiger partial charge in [-0.15, -0.1) is 11.3 Å². The SMILES string of the molecule is O=C(O)CC1Cc2cc(Cl)ccc2N(Cc2nc3c(F)c(F)ccc3s2)C1=O. The van der Waals surface area contributed by atoms with Gasteiger partial charge in [0.15, 0.2) is 11.6 Å². The summed E-state index contributed by atoms with van der Waals surface area (Å²) in [7, 11) is 0. The Balaban J connectivity index is 1.74. The second-order valence-electron chi connectivity index (χ2n) is 6.51. The zero-order valence-electron chi connectivity index (χ0n) is 14.3. The number of nitrogens with zero attached hydrogens (tertiary/aromatic N) is 2. The van der Waals surface area contributed by atoms with E-state index in [0.717, 1.165) is 23.0 Å². The highest BCUT2D eigenvalue weighted by molar-refractivity contribution is 7.18. The molecule has 1 amide bonds. The average Bonchev–Trinajstić information content (AvgIpc) is 3.05. The predicted molar refractivity (Wildman–Crippen MR) is 102 cm³/mol. The largest absolute Gasteiger partial charge is 0.481 e. The minimum atomic E-state index is -1.07. The molecular formula is C19H13ClF2N2O3S. The normalized spacial score (nSPS) is 16.5. The molecule has 1 aromatic heterocycles. The fourth-order valence-electron chi connectivity index (χ4n) is 3.39. The molecule has 1 aliphatic heterocycles. The molecule has 28 heavy (non-hydrogen) atoms. The topological polar surface area (TPSA) is 70.5 Å². The monoisotopic (exact) mass is 422 g/mol. The number of thiazole rings is 1. The number of carbonyl (C=O) groups excluding carboxylic acids is 1. The van der Waals surface area contributed by atoms with Gasteiger partial charge in [0.2, 0.25) is 5.91 Å². The Kier molecular flexibility index (Phi) is 4.76. The second kappa shape index (κ2) is 7.10. The Morgan fingerprint density at radius 3 is 2.86 bits per heavy atom. The quantitative estimate of drug-likeness (QED) is 0.676. The summed E-state index contributed by atoms with van der Waals surface area (Å²) in [6.45, 7) is 0.0317. The fourth-order valence-corrected chi connectivity index (χ4v) is 4.54. The van der Waals surface area contributed by atoms with Crippen LogP contribution in [0.5, 0.6) is 0 Å². The lowest BCUT2D eigenvalue weighted by atomic mass is 9.89. The van der Waals surface area contributed by atoms with E-state index < -0.39 is 23.5 Å². The maximum atomic E-state index is 14.0. The maximum absolute atomic E-state index is 14.0. The molecule has 0 saturated carbocycles. The summed E-state index contributed by atoms with van der Waals surface area (Å²) in [5.74, 6) is -4.16. The van der Waals surface area contributed by atoms with Crippen molar-refractivity contribution in [3.05, 3.63) is 57.6 Å². The first kappa shape index (κ1) is 18.8. The number of anilines is 1. The number of halogens is 3. The van der Waals surface area contributed by atoms with Crippen LogP contribution in [0.1, 0.15) is 17.0 Å². The van der Waals surface area contributed by atoms with Crippen molar-refractivity contribution in [2.24, 2.45) is 5.92 Å². The van der Waals surface area contributed by atoms with Crippen LogP contribution in [0.3, 0.4) is 0 Å². The summed E-state index contributed by atoms with van der Waals surface area (Å²) in [6, 6.07) is 7.52. The highest BCUT2D eigenvalue weighted by atomic mass is 35.5. The van der Waals surface area contributed by atoms with E-state index in [1.54, 1.807) is 18.2 Å². The molecule has 1 aliphatic rings. The summed E-state index contributed by atoms with van der Waals surface area (Å²) < 4.78 is 27.9.